The maximum Gasteiger partial charge on any atom is 0.0162 e. The fourth-order valence-electron chi connectivity index (χ4n) is 7.21. The van der Waals surface area contributed by atoms with E-state index < -0.39 is 0 Å². The van der Waals surface area contributed by atoms with Crippen LogP contribution < -0.4 is 0 Å². The molecule has 0 saturated heterocycles. The van der Waals surface area contributed by atoms with Crippen LogP contribution in [0.5, 0.6) is 0 Å². The maximum absolute atomic E-state index is 3.90. The zero-order valence-electron chi connectivity index (χ0n) is 23.7. The Morgan fingerprint density at radius 3 is 1.69 bits per heavy atom. The summed E-state index contributed by atoms with van der Waals surface area (Å²) in [5, 5.41) is 2.65. The van der Waals surface area contributed by atoms with Gasteiger partial charge in [-0.3, -0.25) is 0 Å². The zero-order valence-corrected chi connectivity index (χ0v) is 26.6. The smallest absolute Gasteiger partial charge is 0.0162 e. The Morgan fingerprint density at radius 1 is 0.800 bits per heavy atom. The van der Waals surface area contributed by atoms with Crippen LogP contribution in [0.2, 0.25) is 0 Å². The Balaban J connectivity index is 0.000000640. The van der Waals surface area contributed by atoms with E-state index in [1.807, 2.05) is 17.5 Å². The molecular weight excluding hydrogens is 502 g/mol. The Labute approximate surface area is 232 Å². The van der Waals surface area contributed by atoms with E-state index in [4.69, 9.17) is 0 Å². The number of allylic oxidation sites excluding steroid dienone is 8. The molecule has 1 unspecified atom stereocenters. The number of hydrogen-bond acceptors (Lipinski definition) is 0. The minimum Gasteiger partial charge on any atom is -0.0918 e. The van der Waals surface area contributed by atoms with Gasteiger partial charge in [0, 0.05) is 23.0 Å². The molecule has 2 fully saturated rings. The van der Waals surface area contributed by atoms with E-state index in [-0.39, 0.29) is 32.9 Å². The molecule has 0 aromatic heterocycles. The Hall–Kier alpha value is 0.339. The van der Waals surface area contributed by atoms with E-state index in [1.54, 1.807) is 0 Å². The van der Waals surface area contributed by atoms with Crippen LogP contribution in [-0.2, 0) is 17.1 Å². The molecular formula is C32H52FeP2. The van der Waals surface area contributed by atoms with Gasteiger partial charge in [0.15, 0.2) is 0 Å². The van der Waals surface area contributed by atoms with Crippen molar-refractivity contribution in [1.82, 2.24) is 0 Å². The van der Waals surface area contributed by atoms with Crippen LogP contribution in [0.3, 0.4) is 0 Å². The van der Waals surface area contributed by atoms with Gasteiger partial charge in [-0.2, -0.15) is 0 Å². The van der Waals surface area contributed by atoms with Crippen molar-refractivity contribution in [2.24, 2.45) is 5.92 Å². The van der Waals surface area contributed by atoms with Gasteiger partial charge >= 0.3 is 0 Å². The molecule has 198 valence electrons. The first-order valence-corrected chi connectivity index (χ1v) is 17.1. The van der Waals surface area contributed by atoms with E-state index in [0.29, 0.717) is 16.2 Å². The van der Waals surface area contributed by atoms with Gasteiger partial charge < -0.3 is 0 Å². The van der Waals surface area contributed by atoms with Gasteiger partial charge in [0.25, 0.3) is 0 Å². The van der Waals surface area contributed by atoms with Crippen molar-refractivity contribution in [1.29, 1.82) is 0 Å². The van der Waals surface area contributed by atoms with Crippen molar-refractivity contribution >= 4 is 15.8 Å². The predicted octanol–water partition coefficient (Wildman–Crippen LogP) is 10.8. The molecule has 4 aliphatic carbocycles. The molecule has 0 heterocycles. The number of hydrogen-bond donors (Lipinski definition) is 0. The topological polar surface area (TPSA) is 0 Å². The molecule has 3 heteroatoms. The second-order valence-electron chi connectivity index (χ2n) is 12.8. The molecule has 0 nitrogen and oxygen atoms in total. The Bertz CT molecular complexity index is 695. The average molecular weight is 555 g/mol. The fourth-order valence-corrected chi connectivity index (χ4v) is 16.5. The van der Waals surface area contributed by atoms with Crippen molar-refractivity contribution in [3.8, 4) is 0 Å². The second kappa shape index (κ2) is 14.5. The first kappa shape index (κ1) is 31.6. The minimum absolute atomic E-state index is 0. The predicted molar refractivity (Wildman–Crippen MR) is 158 cm³/mol. The van der Waals surface area contributed by atoms with E-state index in [9.17, 15) is 0 Å². The molecule has 2 radical (unpaired) electrons. The summed E-state index contributed by atoms with van der Waals surface area (Å²) in [5.41, 5.74) is 2.74. The van der Waals surface area contributed by atoms with Crippen LogP contribution in [0.25, 0.3) is 0 Å². The van der Waals surface area contributed by atoms with Gasteiger partial charge in [0.05, 0.1) is 0 Å². The SMILES string of the molecule is C[C@H](C1[C]=CC=C1P(C1CCCCC1)C1CCCCC1)P(C(C)(C)C)C(C)(C)C.[C]1=CC=CC1.[Fe]. The molecule has 2 saturated carbocycles. The van der Waals surface area contributed by atoms with Crippen molar-refractivity contribution in [3.63, 3.8) is 0 Å². The minimum atomic E-state index is -0.114. The Morgan fingerprint density at radius 2 is 1.31 bits per heavy atom. The number of rotatable bonds is 5. The van der Waals surface area contributed by atoms with Gasteiger partial charge in [-0.15, -0.1) is 0 Å². The Kier molecular flexibility index (Phi) is 13.1. The van der Waals surface area contributed by atoms with E-state index in [1.165, 1.54) is 64.2 Å². The first-order valence-electron chi connectivity index (χ1n) is 14.2. The summed E-state index contributed by atoms with van der Waals surface area (Å²) in [5.74, 6) is 0.592. The third-order valence-corrected chi connectivity index (χ3v) is 15.6. The third-order valence-electron chi connectivity index (χ3n) is 8.00. The van der Waals surface area contributed by atoms with E-state index >= 15 is 0 Å². The van der Waals surface area contributed by atoms with Crippen LogP contribution >= 0.6 is 15.8 Å². The monoisotopic (exact) mass is 554 g/mol. The molecule has 35 heavy (non-hydrogen) atoms. The van der Waals surface area contributed by atoms with Gasteiger partial charge in [-0.05, 0) is 76.9 Å². The largest absolute Gasteiger partial charge is 0.0918 e. The summed E-state index contributed by atoms with van der Waals surface area (Å²) < 4.78 is 0. The van der Waals surface area contributed by atoms with Crippen molar-refractivity contribution < 1.29 is 17.1 Å². The van der Waals surface area contributed by atoms with Gasteiger partial charge in [-0.25, -0.2) is 0 Å². The van der Waals surface area contributed by atoms with Crippen molar-refractivity contribution in [2.75, 3.05) is 0 Å². The van der Waals surface area contributed by atoms with Gasteiger partial charge in [-0.1, -0.05) is 133 Å². The summed E-state index contributed by atoms with van der Waals surface area (Å²) in [6.45, 7) is 17.5. The standard InChI is InChI=1S/C27H47P2.C5H5.Fe/c1-21(29(26(2,3)4)27(5,6)7)24-19-14-20-25(24)28(22-15-10-8-11-16-22)23-17-12-9-13-18-23;1-2-4-5-3-1;/h14,20-24H,8-13,15-18H2,1-7H3;1-3H,4H2;/t21-,24?;;/m1../s1. The molecule has 2 atom stereocenters. The van der Waals surface area contributed by atoms with Crippen LogP contribution in [0.4, 0.5) is 0 Å². The maximum atomic E-state index is 3.90. The average Bonchev–Trinajstić information content (AvgIpc) is 3.49. The first-order chi connectivity index (χ1) is 16.1. The molecule has 0 amide bonds. The van der Waals surface area contributed by atoms with E-state index in [0.717, 1.165) is 23.4 Å². The van der Waals surface area contributed by atoms with Crippen LogP contribution in [0.15, 0.2) is 35.7 Å². The summed E-state index contributed by atoms with van der Waals surface area (Å²) in [4.78, 5) is 0. The molecule has 0 bridgehead atoms. The molecule has 0 aliphatic heterocycles. The molecule has 0 aromatic carbocycles. The molecule has 4 aliphatic rings. The van der Waals surface area contributed by atoms with Crippen LogP contribution in [0, 0.1) is 18.1 Å². The molecule has 0 spiro atoms. The van der Waals surface area contributed by atoms with E-state index in [2.05, 4.69) is 78.8 Å². The molecule has 4 rings (SSSR count). The second-order valence-corrected chi connectivity index (χ2v) is 19.9. The molecule has 0 aromatic rings. The third kappa shape index (κ3) is 8.95. The normalized spacial score (nSPS) is 24.4. The summed E-state index contributed by atoms with van der Waals surface area (Å²) in [6.07, 6.45) is 33.7. The fraction of sp³-hybridized carbons (Fsp3) is 0.750. The summed E-state index contributed by atoms with van der Waals surface area (Å²) >= 11 is 0. The van der Waals surface area contributed by atoms with Gasteiger partial charge in [0.2, 0.25) is 0 Å². The summed E-state index contributed by atoms with van der Waals surface area (Å²) in [7, 11) is -0.103. The van der Waals surface area contributed by atoms with Crippen LogP contribution in [-0.4, -0.2) is 27.3 Å². The summed E-state index contributed by atoms with van der Waals surface area (Å²) in [6, 6.07) is 0. The van der Waals surface area contributed by atoms with Crippen LogP contribution in [0.1, 0.15) is 119 Å². The van der Waals surface area contributed by atoms with Crippen molar-refractivity contribution in [2.45, 2.75) is 146 Å². The zero-order chi connectivity index (χ0) is 24.8. The quantitative estimate of drug-likeness (QED) is 0.234. The molecule has 0 N–H and O–H groups in total. The van der Waals surface area contributed by atoms with Gasteiger partial charge in [0.1, 0.15) is 0 Å². The van der Waals surface area contributed by atoms with Crippen molar-refractivity contribution in [3.05, 3.63) is 47.8 Å².